The zero-order valence-electron chi connectivity index (χ0n) is 22.2. The fourth-order valence-corrected chi connectivity index (χ4v) is 5.10. The molecule has 0 spiro atoms. The molecule has 0 bridgehead atoms. The molecule has 0 fully saturated rings. The number of benzene rings is 4. The fourth-order valence-electron chi connectivity index (χ4n) is 3.82. The van der Waals surface area contributed by atoms with E-state index in [2.05, 4.69) is 59.4 Å². The van der Waals surface area contributed by atoms with Gasteiger partial charge in [-0.15, -0.1) is 0 Å². The Morgan fingerprint density at radius 1 is 0.763 bits per heavy atom. The first-order valence-corrected chi connectivity index (χ1v) is 16.0. The predicted octanol–water partition coefficient (Wildman–Crippen LogP) is 7.13. The van der Waals surface area contributed by atoms with Crippen LogP contribution in [-0.4, -0.2) is 8.42 Å². The Kier molecular flexibility index (Phi) is 12.8. The number of rotatable bonds is 7. The summed E-state index contributed by atoms with van der Waals surface area (Å²) in [7, 11) is 0.791. The predicted molar refractivity (Wildman–Crippen MR) is 155 cm³/mol. The molecule has 0 heterocycles. The Hall–Kier alpha value is -2.34. The van der Waals surface area contributed by atoms with Gasteiger partial charge in [0.05, 0.1) is 4.90 Å². The van der Waals surface area contributed by atoms with E-state index < -0.39 is 15.7 Å². The van der Waals surface area contributed by atoms with Crippen molar-refractivity contribution in [2.75, 3.05) is 0 Å². The number of aryl methyl sites for hydroxylation is 2. The molecule has 0 saturated heterocycles. The topological polar surface area (TPSA) is 72.2 Å². The van der Waals surface area contributed by atoms with Crippen LogP contribution >= 0.6 is 9.69 Å². The van der Waals surface area contributed by atoms with Gasteiger partial charge in [0.25, 0.3) is 0 Å². The van der Waals surface area contributed by atoms with Gasteiger partial charge in [-0.3, -0.25) is 0 Å². The second-order valence-electron chi connectivity index (χ2n) is 9.48. The van der Waals surface area contributed by atoms with Crippen molar-refractivity contribution in [3.05, 3.63) is 137 Å². The van der Waals surface area contributed by atoms with Crippen molar-refractivity contribution in [2.24, 2.45) is 5.73 Å². The van der Waals surface area contributed by atoms with Crippen LogP contribution in [0.15, 0.2) is 114 Å². The molecule has 0 radical (unpaired) electrons. The van der Waals surface area contributed by atoms with E-state index in [0.29, 0.717) is 17.9 Å². The van der Waals surface area contributed by atoms with E-state index in [1.165, 1.54) is 11.1 Å². The Bertz CT molecular complexity index is 1330. The van der Waals surface area contributed by atoms with Crippen molar-refractivity contribution >= 4 is 19.7 Å². The molecule has 0 unspecified atom stereocenters. The average molecular weight is 637 g/mol. The second-order valence-corrected chi connectivity index (χ2v) is 11.2. The Labute approximate surface area is 242 Å². The van der Waals surface area contributed by atoms with Crippen molar-refractivity contribution in [1.29, 1.82) is 0 Å². The average Bonchev–Trinajstić information content (AvgIpc) is 2.91. The van der Waals surface area contributed by atoms with E-state index in [1.807, 2.05) is 84.9 Å². The molecule has 0 aliphatic rings. The number of hydrogen-bond acceptors (Lipinski definition) is 3. The van der Waals surface area contributed by atoms with Gasteiger partial charge in [0, 0.05) is 6.42 Å². The van der Waals surface area contributed by atoms with E-state index in [1.54, 1.807) is 24.3 Å². The van der Waals surface area contributed by atoms with E-state index >= 15 is 0 Å². The molecule has 38 heavy (non-hydrogen) atoms. The number of sulfonamides is 1. The third-order valence-electron chi connectivity index (χ3n) is 6.01. The van der Waals surface area contributed by atoms with Crippen molar-refractivity contribution in [1.82, 2.24) is 4.72 Å². The van der Waals surface area contributed by atoms with Crippen LogP contribution < -0.4 is 10.5 Å². The normalized spacial score (nSPS) is 12.4. The summed E-state index contributed by atoms with van der Waals surface area (Å²) >= 11 is 1.82. The first-order chi connectivity index (χ1) is 18.1. The maximum absolute atomic E-state index is 12.9. The molecule has 203 valence electrons. The Morgan fingerprint density at radius 3 is 1.68 bits per heavy atom. The molecule has 7 heteroatoms. The standard InChI is InChI=1S/C21H22N2O2S.C10H14.ClH.Ru/c1-17-12-14-20(15-13-17)26(24,25)23-21(22,19-10-6-3-7-11-19)16-18-8-4-2-5-9-18;1-8(2)10-6-4-9(3)5-7-10;;/h2-15,23H,16,22H2,1H3;4-8H,1-3H3;1H;/q;;;+1/p-1/t21-;;;/m1.../s1. The monoisotopic (exact) mass is 637 g/mol. The van der Waals surface area contributed by atoms with Gasteiger partial charge in [-0.25, -0.2) is 8.42 Å². The van der Waals surface area contributed by atoms with Crippen LogP contribution in [0.2, 0.25) is 0 Å². The molecule has 3 N–H and O–H groups in total. The SMILES string of the molecule is Cc1ccc(C(C)C)cc1.Cc1ccc(S(=O)(=O)N[C@](N)(Cc2ccccc2)c2ccccc2)cc1.[Cl][Ru]. The zero-order valence-corrected chi connectivity index (χ0v) is 25.5. The molecule has 0 saturated carbocycles. The molecule has 0 aliphatic carbocycles. The maximum atomic E-state index is 12.9. The summed E-state index contributed by atoms with van der Waals surface area (Å²) in [6, 6.07) is 34.3. The van der Waals surface area contributed by atoms with Crippen molar-refractivity contribution < 1.29 is 25.7 Å². The van der Waals surface area contributed by atoms with E-state index in [4.69, 9.17) is 5.73 Å². The number of nitrogens with two attached hydrogens (primary N) is 1. The minimum absolute atomic E-state index is 0.196. The summed E-state index contributed by atoms with van der Waals surface area (Å²) < 4.78 is 28.6. The quantitative estimate of drug-likeness (QED) is 0.167. The number of nitrogens with one attached hydrogen (secondary N) is 1. The summed E-state index contributed by atoms with van der Waals surface area (Å²) in [4.78, 5) is 0.196. The van der Waals surface area contributed by atoms with E-state index in [9.17, 15) is 8.42 Å². The molecule has 4 aromatic rings. The fraction of sp³-hybridized carbons (Fsp3) is 0.226. The molecule has 4 aromatic carbocycles. The Morgan fingerprint density at radius 2 is 1.21 bits per heavy atom. The second kappa shape index (κ2) is 15.3. The molecular weight excluding hydrogens is 601 g/mol. The zero-order chi connectivity index (χ0) is 28.2. The van der Waals surface area contributed by atoms with Crippen LogP contribution in [0.25, 0.3) is 0 Å². The third-order valence-corrected chi connectivity index (χ3v) is 7.53. The summed E-state index contributed by atoms with van der Waals surface area (Å²) in [5, 5.41) is 0. The van der Waals surface area contributed by atoms with Gasteiger partial charge in [-0.2, -0.15) is 4.72 Å². The molecule has 1 atom stereocenters. The van der Waals surface area contributed by atoms with Gasteiger partial charge >= 0.3 is 27.0 Å². The number of hydrogen-bond donors (Lipinski definition) is 2. The molecule has 4 nitrogen and oxygen atoms in total. The molecule has 0 aliphatic heterocycles. The van der Waals surface area contributed by atoms with Gasteiger partial charge in [-0.05, 0) is 48.6 Å². The summed E-state index contributed by atoms with van der Waals surface area (Å²) in [6.07, 6.45) is 0.336. The van der Waals surface area contributed by atoms with Gasteiger partial charge in [-0.1, -0.05) is 122 Å². The summed E-state index contributed by atoms with van der Waals surface area (Å²) in [5.74, 6) is 0.653. The Balaban J connectivity index is 0.000000353. The summed E-state index contributed by atoms with van der Waals surface area (Å²) in [6.45, 7) is 8.45. The van der Waals surface area contributed by atoms with Gasteiger partial charge in [0.1, 0.15) is 5.66 Å². The number of halogens is 1. The first-order valence-electron chi connectivity index (χ1n) is 12.3. The molecule has 4 rings (SSSR count). The van der Waals surface area contributed by atoms with Crippen LogP contribution in [0.5, 0.6) is 0 Å². The van der Waals surface area contributed by atoms with Crippen molar-refractivity contribution in [2.45, 2.75) is 50.6 Å². The van der Waals surface area contributed by atoms with Crippen LogP contribution in [0, 0.1) is 13.8 Å². The summed E-state index contributed by atoms with van der Waals surface area (Å²) in [5.41, 5.74) is 10.8. The molecular formula is C31H36ClN2O2RuS. The van der Waals surface area contributed by atoms with Gasteiger partial charge in [0.15, 0.2) is 0 Å². The molecule has 0 aromatic heterocycles. The first kappa shape index (κ1) is 31.9. The van der Waals surface area contributed by atoms with Crippen LogP contribution in [0.4, 0.5) is 0 Å². The minimum atomic E-state index is -3.78. The van der Waals surface area contributed by atoms with Crippen molar-refractivity contribution in [3.8, 4) is 0 Å². The van der Waals surface area contributed by atoms with Crippen LogP contribution in [0.3, 0.4) is 0 Å². The third kappa shape index (κ3) is 9.76. The van der Waals surface area contributed by atoms with Gasteiger partial charge in [0.2, 0.25) is 10.0 Å². The van der Waals surface area contributed by atoms with Crippen LogP contribution in [0.1, 0.15) is 47.6 Å². The van der Waals surface area contributed by atoms with Crippen LogP contribution in [-0.2, 0) is 39.4 Å². The molecule has 0 amide bonds. The van der Waals surface area contributed by atoms with Gasteiger partial charge < -0.3 is 5.73 Å². The van der Waals surface area contributed by atoms with E-state index in [0.717, 1.165) is 11.1 Å². The van der Waals surface area contributed by atoms with E-state index in [-0.39, 0.29) is 4.90 Å². The van der Waals surface area contributed by atoms with Crippen molar-refractivity contribution in [3.63, 3.8) is 0 Å².